The van der Waals surface area contributed by atoms with Crippen molar-refractivity contribution in [3.8, 4) is 0 Å². The molecule has 1 aliphatic heterocycles. The van der Waals surface area contributed by atoms with Crippen LogP contribution in [0.2, 0.25) is 0 Å². The van der Waals surface area contributed by atoms with Crippen LogP contribution in [0.1, 0.15) is 33.1 Å². The van der Waals surface area contributed by atoms with Gasteiger partial charge in [0, 0.05) is 6.54 Å². The maximum absolute atomic E-state index is 11.6. The molecule has 0 aliphatic carbocycles. The van der Waals surface area contributed by atoms with Gasteiger partial charge in [-0.15, -0.1) is 0 Å². The van der Waals surface area contributed by atoms with E-state index < -0.39 is 0 Å². The minimum atomic E-state index is -0.360. The molecule has 0 aromatic rings. The van der Waals surface area contributed by atoms with Gasteiger partial charge in [0.05, 0.1) is 12.7 Å². The van der Waals surface area contributed by atoms with Crippen molar-refractivity contribution in [3.63, 3.8) is 0 Å². The lowest BCUT2D eigenvalue weighted by atomic mass is 10.0. The number of rotatable bonds is 5. The molecule has 0 spiro atoms. The molecule has 16 heavy (non-hydrogen) atoms. The van der Waals surface area contributed by atoms with Crippen LogP contribution >= 0.6 is 0 Å². The maximum Gasteiger partial charge on any atom is 0.286 e. The lowest BCUT2D eigenvalue weighted by Gasteiger charge is -2.16. The minimum absolute atomic E-state index is 0.171. The normalized spacial score (nSPS) is 17.6. The van der Waals surface area contributed by atoms with Crippen LogP contribution < -0.4 is 5.32 Å². The molecule has 1 atom stereocenters. The number of aliphatic hydroxyl groups excluding tert-OH is 1. The van der Waals surface area contributed by atoms with Crippen molar-refractivity contribution in [1.29, 1.82) is 0 Å². The molecule has 0 bridgehead atoms. The zero-order valence-corrected chi connectivity index (χ0v) is 10.0. The van der Waals surface area contributed by atoms with Crippen molar-refractivity contribution < 1.29 is 14.6 Å². The van der Waals surface area contributed by atoms with Crippen LogP contribution in [0.4, 0.5) is 0 Å². The molecule has 92 valence electrons. The highest BCUT2D eigenvalue weighted by molar-refractivity contribution is 5.91. The molecule has 0 radical (unpaired) electrons. The summed E-state index contributed by atoms with van der Waals surface area (Å²) in [5.74, 6) is 0.475. The van der Waals surface area contributed by atoms with Crippen molar-refractivity contribution in [2.45, 2.75) is 39.2 Å². The van der Waals surface area contributed by atoms with Crippen molar-refractivity contribution in [1.82, 2.24) is 5.32 Å². The smallest absolute Gasteiger partial charge is 0.286 e. The number of carbonyl (C=O) groups excluding carboxylic acids is 1. The van der Waals surface area contributed by atoms with Crippen LogP contribution in [0, 0.1) is 5.92 Å². The first-order valence-corrected chi connectivity index (χ1v) is 5.90. The van der Waals surface area contributed by atoms with Crippen LogP contribution in [0.5, 0.6) is 0 Å². The van der Waals surface area contributed by atoms with E-state index in [0.29, 0.717) is 25.3 Å². The van der Waals surface area contributed by atoms with Gasteiger partial charge in [-0.1, -0.05) is 13.8 Å². The molecular formula is C12H21NO3. The number of ether oxygens (including phenoxy) is 1. The lowest BCUT2D eigenvalue weighted by molar-refractivity contribution is -0.121. The van der Waals surface area contributed by atoms with Crippen LogP contribution in [0.25, 0.3) is 0 Å². The zero-order valence-electron chi connectivity index (χ0n) is 10.0. The van der Waals surface area contributed by atoms with Gasteiger partial charge < -0.3 is 15.2 Å². The Morgan fingerprint density at radius 1 is 1.62 bits per heavy atom. The van der Waals surface area contributed by atoms with Crippen LogP contribution in [-0.2, 0) is 9.53 Å². The number of hydrogen-bond donors (Lipinski definition) is 2. The number of hydrogen-bond acceptors (Lipinski definition) is 3. The molecule has 1 heterocycles. The molecule has 4 heteroatoms. The monoisotopic (exact) mass is 227 g/mol. The predicted molar refractivity (Wildman–Crippen MR) is 61.7 cm³/mol. The standard InChI is InChI=1S/C12H21NO3/c1-9(2)10(14)6-7-13-12(15)11-5-3-4-8-16-11/h5,9-10,14H,3-4,6-8H2,1-2H3,(H,13,15). The largest absolute Gasteiger partial charge is 0.488 e. The second-order valence-corrected chi connectivity index (χ2v) is 4.42. The highest BCUT2D eigenvalue weighted by Crippen LogP contribution is 2.10. The summed E-state index contributed by atoms with van der Waals surface area (Å²) in [5, 5.41) is 12.3. The summed E-state index contributed by atoms with van der Waals surface area (Å²) >= 11 is 0. The first-order valence-electron chi connectivity index (χ1n) is 5.90. The first-order chi connectivity index (χ1) is 7.61. The maximum atomic E-state index is 11.6. The van der Waals surface area contributed by atoms with Crippen molar-refractivity contribution >= 4 is 5.91 Å². The van der Waals surface area contributed by atoms with E-state index in [4.69, 9.17) is 4.74 Å². The van der Waals surface area contributed by atoms with Crippen molar-refractivity contribution in [2.24, 2.45) is 5.92 Å². The summed E-state index contributed by atoms with van der Waals surface area (Å²) in [5.41, 5.74) is 0. The predicted octanol–water partition coefficient (Wildman–Crippen LogP) is 1.20. The average molecular weight is 227 g/mol. The Hall–Kier alpha value is -1.03. The molecular weight excluding hydrogens is 206 g/mol. The molecule has 0 fully saturated rings. The van der Waals surface area contributed by atoms with E-state index in [1.807, 2.05) is 19.9 Å². The highest BCUT2D eigenvalue weighted by Gasteiger charge is 2.14. The molecule has 1 amide bonds. The molecule has 4 nitrogen and oxygen atoms in total. The molecule has 0 aromatic heterocycles. The van der Waals surface area contributed by atoms with Crippen molar-refractivity contribution in [2.75, 3.05) is 13.2 Å². The number of allylic oxidation sites excluding steroid dienone is 1. The van der Waals surface area contributed by atoms with Gasteiger partial charge >= 0.3 is 0 Å². The lowest BCUT2D eigenvalue weighted by Crippen LogP contribution is -2.31. The Morgan fingerprint density at radius 2 is 2.38 bits per heavy atom. The summed E-state index contributed by atoms with van der Waals surface area (Å²) in [6.45, 7) is 5.02. The van der Waals surface area contributed by atoms with Gasteiger partial charge in [0.25, 0.3) is 5.91 Å². The van der Waals surface area contributed by atoms with E-state index in [-0.39, 0.29) is 17.9 Å². The molecule has 0 aromatic carbocycles. The molecule has 1 unspecified atom stereocenters. The molecule has 1 aliphatic rings. The summed E-state index contributed by atoms with van der Waals surface area (Å²) < 4.78 is 5.23. The Kier molecular flexibility index (Phi) is 5.32. The third kappa shape index (κ3) is 4.23. The molecule has 2 N–H and O–H groups in total. The Labute approximate surface area is 96.7 Å². The average Bonchev–Trinajstić information content (AvgIpc) is 2.29. The molecule has 0 saturated heterocycles. The number of amides is 1. The first kappa shape index (κ1) is 13.0. The Balaban J connectivity index is 2.22. The second-order valence-electron chi connectivity index (χ2n) is 4.42. The fourth-order valence-corrected chi connectivity index (χ4v) is 1.47. The number of nitrogens with one attached hydrogen (secondary N) is 1. The third-order valence-corrected chi connectivity index (χ3v) is 2.65. The van der Waals surface area contributed by atoms with Gasteiger partial charge in [-0.2, -0.15) is 0 Å². The zero-order chi connectivity index (χ0) is 12.0. The Morgan fingerprint density at radius 3 is 2.94 bits per heavy atom. The SMILES string of the molecule is CC(C)C(O)CCNC(=O)C1=CCCCO1. The quantitative estimate of drug-likeness (QED) is 0.742. The van der Waals surface area contributed by atoms with E-state index in [0.717, 1.165) is 12.8 Å². The summed E-state index contributed by atoms with van der Waals surface area (Å²) in [6.07, 6.45) is 3.91. The minimum Gasteiger partial charge on any atom is -0.488 e. The van der Waals surface area contributed by atoms with Gasteiger partial charge in [-0.25, -0.2) is 0 Å². The number of carbonyl (C=O) groups is 1. The topological polar surface area (TPSA) is 58.6 Å². The van der Waals surface area contributed by atoms with Gasteiger partial charge in [-0.3, -0.25) is 4.79 Å². The van der Waals surface area contributed by atoms with Gasteiger partial charge in [0.15, 0.2) is 5.76 Å². The summed E-state index contributed by atoms with van der Waals surface area (Å²) in [6, 6.07) is 0. The van der Waals surface area contributed by atoms with Crippen LogP contribution in [0.3, 0.4) is 0 Å². The van der Waals surface area contributed by atoms with Gasteiger partial charge in [0.1, 0.15) is 0 Å². The van der Waals surface area contributed by atoms with E-state index >= 15 is 0 Å². The van der Waals surface area contributed by atoms with Crippen LogP contribution in [-0.4, -0.2) is 30.3 Å². The third-order valence-electron chi connectivity index (χ3n) is 2.65. The summed E-state index contributed by atoms with van der Waals surface area (Å²) in [4.78, 5) is 11.6. The fourth-order valence-electron chi connectivity index (χ4n) is 1.47. The second kappa shape index (κ2) is 6.53. The van der Waals surface area contributed by atoms with E-state index in [1.54, 1.807) is 0 Å². The highest BCUT2D eigenvalue weighted by atomic mass is 16.5. The van der Waals surface area contributed by atoms with Crippen molar-refractivity contribution in [3.05, 3.63) is 11.8 Å². The molecule has 0 saturated carbocycles. The number of aliphatic hydroxyl groups is 1. The fraction of sp³-hybridized carbons (Fsp3) is 0.750. The Bertz CT molecular complexity index is 261. The molecule has 1 rings (SSSR count). The van der Waals surface area contributed by atoms with Gasteiger partial charge in [-0.05, 0) is 31.3 Å². The van der Waals surface area contributed by atoms with E-state index in [9.17, 15) is 9.90 Å². The van der Waals surface area contributed by atoms with E-state index in [2.05, 4.69) is 5.32 Å². The van der Waals surface area contributed by atoms with E-state index in [1.165, 1.54) is 0 Å². The van der Waals surface area contributed by atoms with Crippen LogP contribution in [0.15, 0.2) is 11.8 Å². The van der Waals surface area contributed by atoms with Gasteiger partial charge in [0.2, 0.25) is 0 Å². The summed E-state index contributed by atoms with van der Waals surface area (Å²) in [7, 11) is 0.